The van der Waals surface area contributed by atoms with Crippen LogP contribution in [0.2, 0.25) is 0 Å². The lowest BCUT2D eigenvalue weighted by atomic mass is 10.2. The van der Waals surface area contributed by atoms with Crippen molar-refractivity contribution in [1.29, 1.82) is 0 Å². The third-order valence-corrected chi connectivity index (χ3v) is 4.32. The van der Waals surface area contributed by atoms with Gasteiger partial charge in [-0.3, -0.25) is 0 Å². The molecule has 1 aliphatic heterocycles. The summed E-state index contributed by atoms with van der Waals surface area (Å²) in [5.41, 5.74) is 2.02. The molecule has 0 amide bonds. The normalized spacial score (nSPS) is 14.4. The van der Waals surface area contributed by atoms with Crippen molar-refractivity contribution in [2.24, 2.45) is 0 Å². The Balaban J connectivity index is 1.92. The predicted octanol–water partition coefficient (Wildman–Crippen LogP) is 4.38. The van der Waals surface area contributed by atoms with Gasteiger partial charge in [0.25, 0.3) is 0 Å². The molecule has 2 aromatic rings. The van der Waals surface area contributed by atoms with E-state index in [-0.39, 0.29) is 5.82 Å². The Hall–Kier alpha value is -1.55. The molecule has 0 atom stereocenters. The first-order chi connectivity index (χ1) is 9.75. The third kappa shape index (κ3) is 2.66. The zero-order chi connectivity index (χ0) is 13.9. The van der Waals surface area contributed by atoms with Crippen molar-refractivity contribution in [2.45, 2.75) is 13.0 Å². The Morgan fingerprint density at radius 2 is 2.00 bits per heavy atom. The lowest BCUT2D eigenvalue weighted by Crippen LogP contribution is -2.23. The fourth-order valence-electron chi connectivity index (χ4n) is 2.44. The molecule has 0 saturated carbocycles. The summed E-state index contributed by atoms with van der Waals surface area (Å²) in [7, 11) is 0. The Bertz CT molecular complexity index is 617. The molecular weight excluding hydrogens is 321 g/mol. The maximum absolute atomic E-state index is 13.6. The highest BCUT2D eigenvalue weighted by atomic mass is 79.9. The molecule has 0 bridgehead atoms. The minimum atomic E-state index is -0.221. The van der Waals surface area contributed by atoms with Gasteiger partial charge in [-0.05, 0) is 46.1 Å². The molecule has 0 N–H and O–H groups in total. The molecule has 1 aliphatic rings. The largest absolute Gasteiger partial charge is 0.491 e. The minimum absolute atomic E-state index is 0.221. The van der Waals surface area contributed by atoms with Crippen molar-refractivity contribution in [2.75, 3.05) is 18.1 Å². The van der Waals surface area contributed by atoms with E-state index in [1.54, 1.807) is 6.07 Å². The smallest absolute Gasteiger partial charge is 0.142 e. The lowest BCUT2D eigenvalue weighted by molar-refractivity contribution is 0.322. The molecule has 0 radical (unpaired) electrons. The number of hydrogen-bond donors (Lipinski definition) is 0. The fraction of sp³-hybridized carbons (Fsp3) is 0.250. The number of nitrogens with zero attached hydrogens (tertiary/aromatic N) is 1. The van der Waals surface area contributed by atoms with Gasteiger partial charge in [-0.15, -0.1) is 0 Å². The van der Waals surface area contributed by atoms with Crippen LogP contribution in [0.5, 0.6) is 5.75 Å². The summed E-state index contributed by atoms with van der Waals surface area (Å²) in [5.74, 6) is 0.680. The Labute approximate surface area is 126 Å². The van der Waals surface area contributed by atoms with Gasteiger partial charge in [-0.1, -0.05) is 24.3 Å². The van der Waals surface area contributed by atoms with Crippen LogP contribution in [-0.2, 0) is 6.54 Å². The molecule has 4 heteroatoms. The quantitative estimate of drug-likeness (QED) is 0.807. The van der Waals surface area contributed by atoms with E-state index in [1.807, 2.05) is 30.3 Å². The summed E-state index contributed by atoms with van der Waals surface area (Å²) < 4.78 is 19.9. The molecule has 0 saturated heterocycles. The number of ether oxygens (including phenoxy) is 1. The summed E-state index contributed by atoms with van der Waals surface area (Å²) in [6.45, 7) is 2.29. The van der Waals surface area contributed by atoms with Gasteiger partial charge in [0, 0.05) is 13.1 Å². The van der Waals surface area contributed by atoms with Gasteiger partial charge >= 0.3 is 0 Å². The molecule has 0 aliphatic carbocycles. The first-order valence-electron chi connectivity index (χ1n) is 6.65. The number of para-hydroxylation sites is 2. The van der Waals surface area contributed by atoms with Gasteiger partial charge in [0.2, 0.25) is 0 Å². The number of anilines is 1. The van der Waals surface area contributed by atoms with Crippen LogP contribution < -0.4 is 9.64 Å². The van der Waals surface area contributed by atoms with Gasteiger partial charge in [0.15, 0.2) is 0 Å². The molecule has 2 aromatic carbocycles. The highest BCUT2D eigenvalue weighted by Gasteiger charge is 2.17. The van der Waals surface area contributed by atoms with E-state index in [0.29, 0.717) is 11.0 Å². The van der Waals surface area contributed by atoms with Crippen molar-refractivity contribution in [3.8, 4) is 5.75 Å². The van der Waals surface area contributed by atoms with Gasteiger partial charge < -0.3 is 9.64 Å². The van der Waals surface area contributed by atoms with E-state index in [9.17, 15) is 4.39 Å². The zero-order valence-corrected chi connectivity index (χ0v) is 12.6. The standard InChI is InChI=1S/C16H15BrFNO/c17-16-12(5-3-6-13(16)18)11-19-9-4-10-20-15-8-2-1-7-14(15)19/h1-3,5-8H,4,9-11H2. The molecule has 0 unspecified atom stereocenters. The summed E-state index contributed by atoms with van der Waals surface area (Å²) in [6, 6.07) is 13.2. The highest BCUT2D eigenvalue weighted by molar-refractivity contribution is 9.10. The first kappa shape index (κ1) is 13.4. The van der Waals surface area contributed by atoms with Crippen LogP contribution >= 0.6 is 15.9 Å². The second-order valence-corrected chi connectivity index (χ2v) is 5.60. The number of benzene rings is 2. The van der Waals surface area contributed by atoms with Crippen molar-refractivity contribution >= 4 is 21.6 Å². The second-order valence-electron chi connectivity index (χ2n) is 4.80. The van der Waals surface area contributed by atoms with Crippen LogP contribution in [0.1, 0.15) is 12.0 Å². The van der Waals surface area contributed by atoms with E-state index in [4.69, 9.17) is 4.74 Å². The van der Waals surface area contributed by atoms with Crippen molar-refractivity contribution in [3.05, 3.63) is 58.3 Å². The molecule has 2 nitrogen and oxygen atoms in total. The van der Waals surface area contributed by atoms with Crippen LogP contribution in [0, 0.1) is 5.82 Å². The van der Waals surface area contributed by atoms with E-state index in [0.717, 1.165) is 36.6 Å². The van der Waals surface area contributed by atoms with Crippen molar-refractivity contribution in [1.82, 2.24) is 0 Å². The molecule has 0 spiro atoms. The van der Waals surface area contributed by atoms with Crippen LogP contribution in [0.25, 0.3) is 0 Å². The fourth-order valence-corrected chi connectivity index (χ4v) is 2.83. The zero-order valence-electron chi connectivity index (χ0n) is 11.0. The monoisotopic (exact) mass is 335 g/mol. The molecule has 3 rings (SSSR count). The maximum Gasteiger partial charge on any atom is 0.142 e. The molecular formula is C16H15BrFNO. The molecule has 1 heterocycles. The highest BCUT2D eigenvalue weighted by Crippen LogP contribution is 2.32. The van der Waals surface area contributed by atoms with E-state index >= 15 is 0 Å². The number of rotatable bonds is 2. The van der Waals surface area contributed by atoms with Gasteiger partial charge in [0.05, 0.1) is 16.8 Å². The molecule has 0 aromatic heterocycles. The molecule has 20 heavy (non-hydrogen) atoms. The summed E-state index contributed by atoms with van der Waals surface area (Å²) >= 11 is 3.33. The Morgan fingerprint density at radius 3 is 2.90 bits per heavy atom. The molecule has 0 fully saturated rings. The Morgan fingerprint density at radius 1 is 1.15 bits per heavy atom. The number of halogens is 2. The summed E-state index contributed by atoms with van der Waals surface area (Å²) in [4.78, 5) is 2.24. The lowest BCUT2D eigenvalue weighted by Gasteiger charge is -2.24. The Kier molecular flexibility index (Phi) is 3.92. The van der Waals surface area contributed by atoms with Crippen LogP contribution in [0.3, 0.4) is 0 Å². The minimum Gasteiger partial charge on any atom is -0.491 e. The molecule has 104 valence electrons. The number of fused-ring (bicyclic) bond motifs is 1. The average molecular weight is 336 g/mol. The van der Waals surface area contributed by atoms with Crippen LogP contribution in [0.4, 0.5) is 10.1 Å². The third-order valence-electron chi connectivity index (χ3n) is 3.43. The van der Waals surface area contributed by atoms with Gasteiger partial charge in [-0.2, -0.15) is 0 Å². The first-order valence-corrected chi connectivity index (χ1v) is 7.44. The van der Waals surface area contributed by atoms with Crippen molar-refractivity contribution < 1.29 is 9.13 Å². The average Bonchev–Trinajstić information content (AvgIpc) is 2.67. The predicted molar refractivity (Wildman–Crippen MR) is 81.7 cm³/mol. The van der Waals surface area contributed by atoms with Crippen LogP contribution in [-0.4, -0.2) is 13.2 Å². The van der Waals surface area contributed by atoms with Gasteiger partial charge in [0.1, 0.15) is 11.6 Å². The number of hydrogen-bond acceptors (Lipinski definition) is 2. The van der Waals surface area contributed by atoms with E-state index < -0.39 is 0 Å². The topological polar surface area (TPSA) is 12.5 Å². The summed E-state index contributed by atoms with van der Waals surface area (Å²) in [5, 5.41) is 0. The summed E-state index contributed by atoms with van der Waals surface area (Å²) in [6.07, 6.45) is 0.960. The van der Waals surface area contributed by atoms with Gasteiger partial charge in [-0.25, -0.2) is 4.39 Å². The maximum atomic E-state index is 13.6. The van der Waals surface area contributed by atoms with Crippen molar-refractivity contribution in [3.63, 3.8) is 0 Å². The second kappa shape index (κ2) is 5.83. The van der Waals surface area contributed by atoms with Crippen LogP contribution in [0.15, 0.2) is 46.9 Å². The van der Waals surface area contributed by atoms with E-state index in [1.165, 1.54) is 6.07 Å². The van der Waals surface area contributed by atoms with E-state index in [2.05, 4.69) is 20.8 Å². The SMILES string of the molecule is Fc1cccc(CN2CCCOc3ccccc32)c1Br.